The fourth-order valence-electron chi connectivity index (χ4n) is 0.521. The number of rotatable bonds is 3. The average molecular weight is 181 g/mol. The first kappa shape index (κ1) is 11.8. The Morgan fingerprint density at radius 1 is 1.25 bits per heavy atom. The molecule has 0 saturated carbocycles. The van der Waals surface area contributed by atoms with Crippen LogP contribution >= 0.6 is 0 Å². The number of nitrogens with one attached hydrogen (secondary N) is 1. The van der Waals surface area contributed by atoms with Crippen molar-refractivity contribution in [3.63, 3.8) is 0 Å². The molecule has 0 aliphatic carbocycles. The zero-order valence-corrected chi connectivity index (χ0v) is 7.99. The molecule has 0 fully saturated rings. The summed E-state index contributed by atoms with van der Waals surface area (Å²) in [6.45, 7) is 6.59. The van der Waals surface area contributed by atoms with E-state index < -0.39 is 12.0 Å². The second-order valence-electron chi connectivity index (χ2n) is 4.26. The van der Waals surface area contributed by atoms with Gasteiger partial charge in [0.25, 0.3) is 6.43 Å². The van der Waals surface area contributed by atoms with Crippen molar-refractivity contribution in [1.29, 1.82) is 0 Å². The molecule has 0 bridgehead atoms. The van der Waals surface area contributed by atoms with E-state index in [1.807, 2.05) is 20.8 Å². The Morgan fingerprint density at radius 2 is 1.67 bits per heavy atom. The van der Waals surface area contributed by atoms with Gasteiger partial charge in [0.1, 0.15) is 5.60 Å². The van der Waals surface area contributed by atoms with E-state index in [0.717, 1.165) is 6.92 Å². The molecule has 0 rings (SSSR count). The van der Waals surface area contributed by atoms with E-state index in [1.165, 1.54) is 0 Å². The average Bonchev–Trinajstić information content (AvgIpc) is 1.82. The molecule has 0 spiro atoms. The Hall–Kier alpha value is -0.220. The summed E-state index contributed by atoms with van der Waals surface area (Å²) in [5.41, 5.74) is -2.19. The highest BCUT2D eigenvalue weighted by molar-refractivity contribution is 4.82. The van der Waals surface area contributed by atoms with Gasteiger partial charge in [0.2, 0.25) is 0 Å². The fraction of sp³-hybridized carbons (Fsp3) is 1.00. The molecule has 74 valence electrons. The molecule has 0 radical (unpaired) electrons. The molecule has 12 heavy (non-hydrogen) atoms. The lowest BCUT2D eigenvalue weighted by Gasteiger charge is -2.28. The second kappa shape index (κ2) is 3.66. The van der Waals surface area contributed by atoms with Crippen molar-refractivity contribution in [2.75, 3.05) is 6.54 Å². The fourth-order valence-corrected chi connectivity index (χ4v) is 0.521. The highest BCUT2D eigenvalue weighted by Crippen LogP contribution is 2.14. The van der Waals surface area contributed by atoms with Crippen LogP contribution in [0.3, 0.4) is 0 Å². The Kier molecular flexibility index (Phi) is 3.59. The van der Waals surface area contributed by atoms with Crippen molar-refractivity contribution in [3.8, 4) is 0 Å². The van der Waals surface area contributed by atoms with Crippen molar-refractivity contribution in [3.05, 3.63) is 0 Å². The molecule has 2 N–H and O–H groups in total. The summed E-state index contributed by atoms with van der Waals surface area (Å²) in [5, 5.41) is 12.0. The predicted octanol–water partition coefficient (Wildman–Crippen LogP) is 1.39. The smallest absolute Gasteiger partial charge is 0.267 e. The number of halogens is 2. The molecular weight excluding hydrogens is 164 g/mol. The third-order valence-corrected chi connectivity index (χ3v) is 1.45. The van der Waals surface area contributed by atoms with Crippen LogP contribution in [0.15, 0.2) is 0 Å². The van der Waals surface area contributed by atoms with Gasteiger partial charge in [-0.2, -0.15) is 0 Å². The van der Waals surface area contributed by atoms with Gasteiger partial charge in [0, 0.05) is 12.1 Å². The summed E-state index contributed by atoms with van der Waals surface area (Å²) >= 11 is 0. The maximum Gasteiger partial charge on any atom is 0.267 e. The van der Waals surface area contributed by atoms with Gasteiger partial charge in [-0.3, -0.25) is 0 Å². The Bertz CT molecular complexity index is 140. The Balaban J connectivity index is 3.93. The first-order valence-electron chi connectivity index (χ1n) is 3.91. The van der Waals surface area contributed by atoms with E-state index >= 15 is 0 Å². The molecule has 0 aromatic carbocycles. The number of aliphatic hydroxyl groups is 1. The third-order valence-electron chi connectivity index (χ3n) is 1.45. The molecule has 0 aliphatic heterocycles. The zero-order valence-electron chi connectivity index (χ0n) is 7.99. The van der Waals surface area contributed by atoms with Gasteiger partial charge in [0.15, 0.2) is 0 Å². The van der Waals surface area contributed by atoms with Gasteiger partial charge in [-0.15, -0.1) is 0 Å². The second-order valence-corrected chi connectivity index (χ2v) is 4.26. The molecule has 4 heteroatoms. The maximum absolute atomic E-state index is 12.1. The number of hydrogen-bond donors (Lipinski definition) is 2. The molecule has 0 aromatic rings. The van der Waals surface area contributed by atoms with Crippen LogP contribution in [-0.2, 0) is 0 Å². The highest BCUT2D eigenvalue weighted by Gasteiger charge is 2.32. The topological polar surface area (TPSA) is 32.3 Å². The minimum atomic E-state index is -2.72. The van der Waals surface area contributed by atoms with Crippen LogP contribution in [0.4, 0.5) is 8.78 Å². The van der Waals surface area contributed by atoms with Crippen molar-refractivity contribution in [2.45, 2.75) is 45.3 Å². The van der Waals surface area contributed by atoms with Crippen LogP contribution in [0.25, 0.3) is 0 Å². The Labute approximate surface area is 72.0 Å². The minimum Gasteiger partial charge on any atom is -0.383 e. The monoisotopic (exact) mass is 181 g/mol. The standard InChI is InChI=1S/C8H17F2NO/c1-7(2,3)11-5-8(4,12)6(9)10/h6,11-12H,5H2,1-4H3. The summed E-state index contributed by atoms with van der Waals surface area (Å²) in [5.74, 6) is 0. The van der Waals surface area contributed by atoms with E-state index in [2.05, 4.69) is 5.32 Å². The van der Waals surface area contributed by atoms with E-state index in [-0.39, 0.29) is 12.1 Å². The maximum atomic E-state index is 12.1. The van der Waals surface area contributed by atoms with Crippen molar-refractivity contribution in [2.24, 2.45) is 0 Å². The number of hydrogen-bond acceptors (Lipinski definition) is 2. The highest BCUT2D eigenvalue weighted by atomic mass is 19.3. The van der Waals surface area contributed by atoms with Crippen LogP contribution in [0.2, 0.25) is 0 Å². The first-order chi connectivity index (χ1) is 5.15. The largest absolute Gasteiger partial charge is 0.383 e. The summed E-state index contributed by atoms with van der Waals surface area (Å²) < 4.78 is 24.2. The van der Waals surface area contributed by atoms with Crippen LogP contribution < -0.4 is 5.32 Å². The van der Waals surface area contributed by atoms with Gasteiger partial charge in [-0.05, 0) is 27.7 Å². The molecule has 1 atom stereocenters. The molecular formula is C8H17F2NO. The van der Waals surface area contributed by atoms with Gasteiger partial charge in [-0.1, -0.05) is 0 Å². The quantitative estimate of drug-likeness (QED) is 0.689. The van der Waals surface area contributed by atoms with Crippen LogP contribution in [0.5, 0.6) is 0 Å². The van der Waals surface area contributed by atoms with E-state index in [4.69, 9.17) is 5.11 Å². The van der Waals surface area contributed by atoms with Gasteiger partial charge >= 0.3 is 0 Å². The summed E-state index contributed by atoms with van der Waals surface area (Å²) in [6, 6.07) is 0. The van der Waals surface area contributed by atoms with E-state index in [0.29, 0.717) is 0 Å². The van der Waals surface area contributed by atoms with Crippen molar-refractivity contribution < 1.29 is 13.9 Å². The van der Waals surface area contributed by atoms with Crippen LogP contribution in [-0.4, -0.2) is 29.2 Å². The number of β-amino-alcohol motifs (C(OH)–C–C–N with tert-alkyl or cyclic N) is 1. The summed E-state index contributed by atoms with van der Waals surface area (Å²) in [7, 11) is 0. The third kappa shape index (κ3) is 4.62. The summed E-state index contributed by atoms with van der Waals surface area (Å²) in [4.78, 5) is 0. The lowest BCUT2D eigenvalue weighted by Crippen LogP contribution is -2.49. The minimum absolute atomic E-state index is 0.103. The van der Waals surface area contributed by atoms with Crippen molar-refractivity contribution in [1.82, 2.24) is 5.32 Å². The van der Waals surface area contributed by atoms with Gasteiger partial charge in [0.05, 0.1) is 0 Å². The first-order valence-corrected chi connectivity index (χ1v) is 3.91. The molecule has 2 nitrogen and oxygen atoms in total. The Morgan fingerprint density at radius 3 is 1.92 bits per heavy atom. The van der Waals surface area contributed by atoms with Crippen LogP contribution in [0, 0.1) is 0 Å². The molecule has 0 saturated heterocycles. The molecule has 0 aromatic heterocycles. The molecule has 0 aliphatic rings. The van der Waals surface area contributed by atoms with Gasteiger partial charge < -0.3 is 10.4 Å². The molecule has 0 amide bonds. The molecule has 0 heterocycles. The lowest BCUT2D eigenvalue weighted by atomic mass is 10.0. The molecule has 1 unspecified atom stereocenters. The van der Waals surface area contributed by atoms with Crippen molar-refractivity contribution >= 4 is 0 Å². The SMILES string of the molecule is CC(C)(C)NCC(C)(O)C(F)F. The van der Waals surface area contributed by atoms with E-state index in [9.17, 15) is 8.78 Å². The van der Waals surface area contributed by atoms with E-state index in [1.54, 1.807) is 0 Å². The van der Waals surface area contributed by atoms with Gasteiger partial charge in [-0.25, -0.2) is 8.78 Å². The lowest BCUT2D eigenvalue weighted by molar-refractivity contribution is -0.0832. The predicted molar refractivity (Wildman–Crippen MR) is 44.4 cm³/mol. The van der Waals surface area contributed by atoms with Crippen LogP contribution in [0.1, 0.15) is 27.7 Å². The zero-order chi connectivity index (χ0) is 9.99. The normalized spacial score (nSPS) is 18.0. The number of alkyl halides is 2. The summed E-state index contributed by atoms with van der Waals surface area (Å²) in [6.07, 6.45) is -2.72.